The molecule has 2 fully saturated rings. The van der Waals surface area contributed by atoms with Gasteiger partial charge in [0.2, 0.25) is 0 Å². The molecule has 108 valence electrons. The van der Waals surface area contributed by atoms with Crippen molar-refractivity contribution >= 4 is 34.5 Å². The van der Waals surface area contributed by atoms with Crippen molar-refractivity contribution < 1.29 is 0 Å². The maximum Gasteiger partial charge on any atom is 0.107 e. The van der Waals surface area contributed by atoms with Crippen molar-refractivity contribution in [2.45, 2.75) is 44.6 Å². The molecule has 1 aromatic rings. The molecule has 1 unspecified atom stereocenters. The van der Waals surface area contributed by atoms with E-state index in [0.717, 1.165) is 23.7 Å². The molecule has 3 rings (SSSR count). The predicted octanol–water partition coefficient (Wildman–Crippen LogP) is 4.13. The maximum atomic E-state index is 6.32. The summed E-state index contributed by atoms with van der Waals surface area (Å²) >= 11 is 11.5. The van der Waals surface area contributed by atoms with Crippen molar-refractivity contribution in [3.05, 3.63) is 28.8 Å². The van der Waals surface area contributed by atoms with Crippen molar-refractivity contribution in [1.82, 2.24) is 0 Å². The zero-order valence-corrected chi connectivity index (χ0v) is 13.2. The van der Waals surface area contributed by atoms with Crippen LogP contribution in [0.15, 0.2) is 18.2 Å². The number of hydrogen-bond donors (Lipinski definition) is 1. The van der Waals surface area contributed by atoms with Crippen LogP contribution in [0, 0.1) is 5.92 Å². The van der Waals surface area contributed by atoms with Crippen LogP contribution in [-0.4, -0.2) is 17.6 Å². The van der Waals surface area contributed by atoms with Gasteiger partial charge in [-0.2, -0.15) is 0 Å². The summed E-state index contributed by atoms with van der Waals surface area (Å²) in [6, 6.07) is 6.64. The number of nitrogens with zero attached hydrogens (tertiary/aromatic N) is 1. The Kier molecular flexibility index (Phi) is 4.18. The minimum atomic E-state index is 0.405. The lowest BCUT2D eigenvalue weighted by atomic mass is 9.95. The van der Waals surface area contributed by atoms with Crippen LogP contribution in [0.5, 0.6) is 0 Å². The number of benzene rings is 1. The van der Waals surface area contributed by atoms with Gasteiger partial charge in [0.15, 0.2) is 0 Å². The van der Waals surface area contributed by atoms with Gasteiger partial charge in [-0.1, -0.05) is 42.7 Å². The van der Waals surface area contributed by atoms with Gasteiger partial charge in [0.25, 0.3) is 0 Å². The van der Waals surface area contributed by atoms with E-state index in [1.165, 1.54) is 38.5 Å². The molecule has 1 saturated carbocycles. The Morgan fingerprint density at radius 2 is 1.95 bits per heavy atom. The third-order valence-electron chi connectivity index (χ3n) is 4.79. The molecule has 1 aromatic carbocycles. The molecule has 0 radical (unpaired) electrons. The summed E-state index contributed by atoms with van der Waals surface area (Å²) < 4.78 is 0. The first-order chi connectivity index (χ1) is 9.68. The zero-order valence-electron chi connectivity index (χ0n) is 11.6. The molecule has 2 N–H and O–H groups in total. The number of thiocarbonyl (C=S) groups is 1. The second kappa shape index (κ2) is 5.90. The van der Waals surface area contributed by atoms with Gasteiger partial charge < -0.3 is 10.6 Å². The second-order valence-corrected chi connectivity index (χ2v) is 6.79. The van der Waals surface area contributed by atoms with Gasteiger partial charge in [0.1, 0.15) is 4.99 Å². The lowest BCUT2D eigenvalue weighted by Crippen LogP contribution is -2.36. The normalized spacial score (nSPS) is 23.4. The number of rotatable bonds is 3. The highest BCUT2D eigenvalue weighted by atomic mass is 35.5. The van der Waals surface area contributed by atoms with Crippen LogP contribution in [0.4, 0.5) is 5.69 Å². The average molecular weight is 309 g/mol. The number of hydrogen-bond acceptors (Lipinski definition) is 2. The van der Waals surface area contributed by atoms with Gasteiger partial charge in [-0.15, -0.1) is 0 Å². The topological polar surface area (TPSA) is 29.3 Å². The van der Waals surface area contributed by atoms with Gasteiger partial charge in [-0.3, -0.25) is 0 Å². The van der Waals surface area contributed by atoms with Gasteiger partial charge >= 0.3 is 0 Å². The summed E-state index contributed by atoms with van der Waals surface area (Å²) in [4.78, 5) is 2.92. The zero-order chi connectivity index (χ0) is 14.1. The second-order valence-electron chi connectivity index (χ2n) is 5.95. The van der Waals surface area contributed by atoms with Gasteiger partial charge in [-0.05, 0) is 43.7 Å². The maximum absolute atomic E-state index is 6.32. The molecule has 0 aromatic heterocycles. The Morgan fingerprint density at radius 3 is 2.65 bits per heavy atom. The van der Waals surface area contributed by atoms with E-state index >= 15 is 0 Å². The minimum Gasteiger partial charge on any atom is -0.389 e. The van der Waals surface area contributed by atoms with E-state index < -0.39 is 0 Å². The van der Waals surface area contributed by atoms with Crippen LogP contribution in [-0.2, 0) is 0 Å². The van der Waals surface area contributed by atoms with Crippen LogP contribution < -0.4 is 10.6 Å². The van der Waals surface area contributed by atoms with E-state index in [4.69, 9.17) is 29.6 Å². The Morgan fingerprint density at radius 1 is 1.20 bits per heavy atom. The van der Waals surface area contributed by atoms with Crippen LogP contribution in [0.25, 0.3) is 0 Å². The lowest BCUT2D eigenvalue weighted by molar-refractivity contribution is 0.431. The molecule has 0 amide bonds. The molecule has 1 heterocycles. The summed E-state index contributed by atoms with van der Waals surface area (Å²) in [5.74, 6) is 0.829. The molecule has 1 atom stereocenters. The van der Waals surface area contributed by atoms with Crippen molar-refractivity contribution in [2.24, 2.45) is 11.7 Å². The summed E-state index contributed by atoms with van der Waals surface area (Å²) in [5.41, 5.74) is 7.90. The van der Waals surface area contributed by atoms with Crippen molar-refractivity contribution in [1.29, 1.82) is 0 Å². The van der Waals surface area contributed by atoms with Gasteiger partial charge in [0.05, 0.1) is 10.6 Å². The van der Waals surface area contributed by atoms with E-state index in [-0.39, 0.29) is 0 Å². The summed E-state index contributed by atoms with van der Waals surface area (Å²) in [6.07, 6.45) is 8.03. The average Bonchev–Trinajstić information content (AvgIpc) is 3.08. The van der Waals surface area contributed by atoms with Crippen molar-refractivity contribution in [3.63, 3.8) is 0 Å². The molecule has 0 bridgehead atoms. The van der Waals surface area contributed by atoms with E-state index in [9.17, 15) is 0 Å². The van der Waals surface area contributed by atoms with Crippen LogP contribution in [0.3, 0.4) is 0 Å². The Balaban J connectivity index is 1.95. The molecule has 1 aliphatic heterocycles. The lowest BCUT2D eigenvalue weighted by Gasteiger charge is -2.33. The first-order valence-electron chi connectivity index (χ1n) is 7.53. The first kappa shape index (κ1) is 14.2. The summed E-state index contributed by atoms with van der Waals surface area (Å²) in [5, 5.41) is 0.673. The number of anilines is 1. The Bertz CT molecular complexity index is 511. The molecule has 2 aliphatic rings. The quantitative estimate of drug-likeness (QED) is 0.851. The molecule has 2 nitrogen and oxygen atoms in total. The monoisotopic (exact) mass is 308 g/mol. The molecule has 0 spiro atoms. The molecule has 1 aliphatic carbocycles. The van der Waals surface area contributed by atoms with E-state index in [1.807, 2.05) is 12.1 Å². The Hall–Kier alpha value is -0.800. The summed E-state index contributed by atoms with van der Waals surface area (Å²) in [7, 11) is 0. The van der Waals surface area contributed by atoms with E-state index in [1.54, 1.807) is 0 Å². The molecule has 1 saturated heterocycles. The van der Waals surface area contributed by atoms with Gasteiger partial charge in [0, 0.05) is 18.3 Å². The fourth-order valence-electron chi connectivity index (χ4n) is 3.92. The van der Waals surface area contributed by atoms with Gasteiger partial charge in [-0.25, -0.2) is 0 Å². The number of nitrogens with two attached hydrogens (primary N) is 1. The third-order valence-corrected chi connectivity index (χ3v) is 5.31. The standard InChI is InChI=1S/C16H21ClN2S/c17-12-7-3-8-14(15(12)16(18)20)19-10-4-9-13(19)11-5-1-2-6-11/h3,7-8,11,13H,1-2,4-6,9-10H2,(H2,18,20). The van der Waals surface area contributed by atoms with Crippen molar-refractivity contribution in [3.8, 4) is 0 Å². The first-order valence-corrected chi connectivity index (χ1v) is 8.32. The SMILES string of the molecule is NC(=S)c1c(Cl)cccc1N1CCCC1C1CCCC1. The summed E-state index contributed by atoms with van der Waals surface area (Å²) in [6.45, 7) is 1.09. The largest absolute Gasteiger partial charge is 0.389 e. The predicted molar refractivity (Wildman–Crippen MR) is 89.7 cm³/mol. The van der Waals surface area contributed by atoms with Crippen LogP contribution in [0.2, 0.25) is 5.02 Å². The highest BCUT2D eigenvalue weighted by molar-refractivity contribution is 7.80. The molecular weight excluding hydrogens is 288 g/mol. The van der Waals surface area contributed by atoms with E-state index in [0.29, 0.717) is 16.1 Å². The minimum absolute atomic E-state index is 0.405. The molecular formula is C16H21ClN2S. The third kappa shape index (κ3) is 2.53. The highest BCUT2D eigenvalue weighted by Crippen LogP contribution is 2.39. The fourth-order valence-corrected chi connectivity index (χ4v) is 4.46. The Labute approximate surface area is 131 Å². The molecule has 20 heavy (non-hydrogen) atoms. The highest BCUT2D eigenvalue weighted by Gasteiger charge is 2.34. The van der Waals surface area contributed by atoms with E-state index in [2.05, 4.69) is 11.0 Å². The van der Waals surface area contributed by atoms with Crippen LogP contribution >= 0.6 is 23.8 Å². The van der Waals surface area contributed by atoms with Crippen molar-refractivity contribution in [2.75, 3.05) is 11.4 Å². The number of halogens is 1. The fraction of sp³-hybridized carbons (Fsp3) is 0.562. The smallest absolute Gasteiger partial charge is 0.107 e. The molecule has 4 heteroatoms. The van der Waals surface area contributed by atoms with Crippen LogP contribution in [0.1, 0.15) is 44.1 Å².